The van der Waals surface area contributed by atoms with Crippen LogP contribution in [0.25, 0.3) is 0 Å². The number of amides is 1. The van der Waals surface area contributed by atoms with Crippen molar-refractivity contribution >= 4 is 29.0 Å². The summed E-state index contributed by atoms with van der Waals surface area (Å²) < 4.78 is 5.05. The molecule has 8 nitrogen and oxygen atoms in total. The van der Waals surface area contributed by atoms with Crippen LogP contribution in [0.2, 0.25) is 0 Å². The van der Waals surface area contributed by atoms with E-state index in [9.17, 15) is 24.8 Å². The number of nitrogens with zero attached hydrogens (tertiary/aromatic N) is 3. The molecule has 0 bridgehead atoms. The van der Waals surface area contributed by atoms with Gasteiger partial charge in [0.1, 0.15) is 12.6 Å². The molecular formula is C25H21N3O5S. The zero-order valence-electron chi connectivity index (χ0n) is 18.2. The third-order valence-corrected chi connectivity index (χ3v) is 6.88. The minimum atomic E-state index is -1.32. The fourth-order valence-electron chi connectivity index (χ4n) is 4.67. The van der Waals surface area contributed by atoms with Crippen LogP contribution in [-0.4, -0.2) is 52.4 Å². The lowest BCUT2D eigenvalue weighted by molar-refractivity contribution is -0.151. The van der Waals surface area contributed by atoms with E-state index in [1.807, 2.05) is 6.07 Å². The quantitative estimate of drug-likeness (QED) is 0.521. The number of ketones is 1. The molecule has 172 valence electrons. The SMILES string of the molecule is COCC(=O)N1C(C(=O)O)C(c2ccc(C#N)cc2)C(C(=O)c2cccs2)C1c1cccnc1. The van der Waals surface area contributed by atoms with Crippen molar-refractivity contribution in [2.45, 2.75) is 18.0 Å². The van der Waals surface area contributed by atoms with Gasteiger partial charge < -0.3 is 14.7 Å². The third-order valence-electron chi connectivity index (χ3n) is 5.99. The molecule has 1 aliphatic heterocycles. The van der Waals surface area contributed by atoms with Crippen LogP contribution in [-0.2, 0) is 14.3 Å². The largest absolute Gasteiger partial charge is 0.480 e. The fourth-order valence-corrected chi connectivity index (χ4v) is 5.38. The lowest BCUT2D eigenvalue weighted by atomic mass is 9.77. The number of pyridine rings is 1. The van der Waals surface area contributed by atoms with Gasteiger partial charge in [0.15, 0.2) is 5.78 Å². The third kappa shape index (κ3) is 4.21. The summed E-state index contributed by atoms with van der Waals surface area (Å²) in [6, 6.07) is 13.2. The van der Waals surface area contributed by atoms with Crippen LogP contribution in [0.3, 0.4) is 0 Å². The highest BCUT2D eigenvalue weighted by atomic mass is 32.1. The van der Waals surface area contributed by atoms with Gasteiger partial charge in [-0.2, -0.15) is 5.26 Å². The first-order chi connectivity index (χ1) is 16.5. The number of likely N-dealkylation sites (tertiary alicyclic amines) is 1. The summed E-state index contributed by atoms with van der Waals surface area (Å²) in [5.74, 6) is -3.77. The lowest BCUT2D eigenvalue weighted by Crippen LogP contribution is -2.45. The average molecular weight is 476 g/mol. The van der Waals surface area contributed by atoms with Gasteiger partial charge in [-0.15, -0.1) is 11.3 Å². The predicted octanol–water partition coefficient (Wildman–Crippen LogP) is 3.28. The Kier molecular flexibility index (Phi) is 6.82. The van der Waals surface area contributed by atoms with E-state index in [1.54, 1.807) is 66.3 Å². The minimum absolute atomic E-state index is 0.253. The molecule has 1 fully saturated rings. The van der Waals surface area contributed by atoms with Gasteiger partial charge in [0.05, 0.1) is 28.5 Å². The summed E-state index contributed by atoms with van der Waals surface area (Å²) in [6.07, 6.45) is 3.12. The number of benzene rings is 1. The van der Waals surface area contributed by atoms with E-state index in [1.165, 1.54) is 23.3 Å². The maximum Gasteiger partial charge on any atom is 0.327 e. The number of thiophene rings is 1. The molecule has 0 saturated carbocycles. The van der Waals surface area contributed by atoms with Crippen molar-refractivity contribution in [3.63, 3.8) is 0 Å². The van der Waals surface area contributed by atoms with Crippen LogP contribution in [0.4, 0.5) is 0 Å². The molecule has 2 aromatic heterocycles. The van der Waals surface area contributed by atoms with E-state index < -0.39 is 35.8 Å². The molecule has 1 aromatic carbocycles. The van der Waals surface area contributed by atoms with Crippen LogP contribution in [0.1, 0.15) is 38.3 Å². The summed E-state index contributed by atoms with van der Waals surface area (Å²) in [5.41, 5.74) is 1.53. The van der Waals surface area contributed by atoms with Crippen molar-refractivity contribution < 1.29 is 24.2 Å². The second kappa shape index (κ2) is 9.95. The van der Waals surface area contributed by atoms with Crippen molar-refractivity contribution in [1.29, 1.82) is 5.26 Å². The van der Waals surface area contributed by atoms with Gasteiger partial charge in [-0.05, 0) is 40.8 Å². The Balaban J connectivity index is 1.96. The number of carbonyl (C=O) groups excluding carboxylic acids is 2. The molecule has 3 aromatic rings. The lowest BCUT2D eigenvalue weighted by Gasteiger charge is -2.29. The van der Waals surface area contributed by atoms with Gasteiger partial charge >= 0.3 is 5.97 Å². The highest BCUT2D eigenvalue weighted by molar-refractivity contribution is 7.12. The first-order valence-electron chi connectivity index (χ1n) is 10.5. The maximum absolute atomic E-state index is 13.9. The van der Waals surface area contributed by atoms with Crippen molar-refractivity contribution in [2.75, 3.05) is 13.7 Å². The standard InChI is InChI=1S/C25H21N3O5S/c1-33-14-19(29)28-22(17-4-2-10-27-13-17)21(24(30)18-5-3-11-34-18)20(23(28)25(31)32)16-8-6-15(12-26)7-9-16/h2-11,13,20-23H,14H2,1H3,(H,31,32). The maximum atomic E-state index is 13.9. The molecule has 0 spiro atoms. The molecule has 1 N–H and O–H groups in total. The molecular weight excluding hydrogens is 454 g/mol. The van der Waals surface area contributed by atoms with Gasteiger partial charge in [0.25, 0.3) is 0 Å². The first-order valence-corrected chi connectivity index (χ1v) is 11.4. The van der Waals surface area contributed by atoms with Crippen molar-refractivity contribution in [3.05, 3.63) is 87.9 Å². The monoisotopic (exact) mass is 475 g/mol. The van der Waals surface area contributed by atoms with Crippen LogP contribution in [0, 0.1) is 17.2 Å². The normalized spacial score (nSPS) is 21.7. The molecule has 1 saturated heterocycles. The van der Waals surface area contributed by atoms with Gasteiger partial charge in [-0.1, -0.05) is 24.3 Å². The first kappa shape index (κ1) is 23.3. The molecule has 0 aliphatic carbocycles. The Labute approximate surface area is 200 Å². The zero-order chi connectivity index (χ0) is 24.2. The number of carboxylic acid groups (broad SMARTS) is 1. The molecule has 1 amide bonds. The number of ether oxygens (including phenoxy) is 1. The topological polar surface area (TPSA) is 121 Å². The minimum Gasteiger partial charge on any atom is -0.480 e. The number of rotatable bonds is 7. The van der Waals surface area contributed by atoms with Gasteiger partial charge in [-0.3, -0.25) is 14.6 Å². The Morgan fingerprint density at radius 1 is 1.15 bits per heavy atom. The Morgan fingerprint density at radius 2 is 1.91 bits per heavy atom. The van der Waals surface area contributed by atoms with Crippen molar-refractivity contribution in [3.8, 4) is 6.07 Å². The number of hydrogen-bond donors (Lipinski definition) is 1. The molecule has 34 heavy (non-hydrogen) atoms. The zero-order valence-corrected chi connectivity index (χ0v) is 19.0. The van der Waals surface area contributed by atoms with Gasteiger partial charge in [0.2, 0.25) is 5.91 Å². The number of Topliss-reactive ketones (excluding diaryl/α,β-unsaturated/α-hetero) is 1. The van der Waals surface area contributed by atoms with E-state index >= 15 is 0 Å². The number of nitriles is 1. The molecule has 1 aliphatic rings. The highest BCUT2D eigenvalue weighted by Crippen LogP contribution is 2.51. The second-order valence-corrected chi connectivity index (χ2v) is 8.82. The van der Waals surface area contributed by atoms with Crippen LogP contribution < -0.4 is 0 Å². The van der Waals surface area contributed by atoms with E-state index in [-0.39, 0.29) is 12.4 Å². The molecule has 9 heteroatoms. The molecule has 4 atom stereocenters. The van der Waals surface area contributed by atoms with Crippen molar-refractivity contribution in [1.82, 2.24) is 9.88 Å². The van der Waals surface area contributed by atoms with Crippen molar-refractivity contribution in [2.24, 2.45) is 5.92 Å². The highest BCUT2D eigenvalue weighted by Gasteiger charge is 2.57. The number of carboxylic acids is 1. The summed E-state index contributed by atoms with van der Waals surface area (Å²) in [4.78, 5) is 45.6. The number of aromatic nitrogens is 1. The van der Waals surface area contributed by atoms with E-state index in [4.69, 9.17) is 4.74 Å². The summed E-state index contributed by atoms with van der Waals surface area (Å²) in [6.45, 7) is -0.333. The summed E-state index contributed by atoms with van der Waals surface area (Å²) in [7, 11) is 1.36. The Hall–Kier alpha value is -3.87. The van der Waals surface area contributed by atoms with Crippen LogP contribution >= 0.6 is 11.3 Å². The fraction of sp³-hybridized carbons (Fsp3) is 0.240. The number of aliphatic carboxylic acids is 1. The predicted molar refractivity (Wildman–Crippen MR) is 123 cm³/mol. The number of methoxy groups -OCH3 is 1. The summed E-state index contributed by atoms with van der Waals surface area (Å²) in [5, 5.41) is 21.3. The van der Waals surface area contributed by atoms with Gasteiger partial charge in [0, 0.05) is 25.4 Å². The average Bonchev–Trinajstić information content (AvgIpc) is 3.51. The molecule has 4 unspecified atom stereocenters. The number of carbonyl (C=O) groups is 3. The Bertz CT molecular complexity index is 1220. The van der Waals surface area contributed by atoms with Crippen LogP contribution in [0.15, 0.2) is 66.3 Å². The number of hydrogen-bond acceptors (Lipinski definition) is 7. The smallest absolute Gasteiger partial charge is 0.327 e. The molecule has 3 heterocycles. The Morgan fingerprint density at radius 3 is 2.47 bits per heavy atom. The van der Waals surface area contributed by atoms with E-state index in [2.05, 4.69) is 4.98 Å². The van der Waals surface area contributed by atoms with Gasteiger partial charge in [-0.25, -0.2) is 4.79 Å². The molecule has 4 rings (SSSR count). The van der Waals surface area contributed by atoms with E-state index in [0.29, 0.717) is 21.6 Å². The second-order valence-electron chi connectivity index (χ2n) is 7.88. The van der Waals surface area contributed by atoms with E-state index in [0.717, 1.165) is 0 Å². The summed E-state index contributed by atoms with van der Waals surface area (Å²) >= 11 is 1.26. The van der Waals surface area contributed by atoms with Crippen LogP contribution in [0.5, 0.6) is 0 Å². The molecule has 0 radical (unpaired) electrons.